The number of rotatable bonds is 9. The average molecular weight is 427 g/mol. The molecule has 4 nitrogen and oxygen atoms in total. The van der Waals surface area contributed by atoms with Crippen LogP contribution in [0.1, 0.15) is 64.1 Å². The third-order valence-corrected chi connectivity index (χ3v) is 5.05. The molecule has 0 aromatic heterocycles. The molecule has 30 heavy (non-hydrogen) atoms. The monoisotopic (exact) mass is 426 g/mol. The van der Waals surface area contributed by atoms with Crippen molar-refractivity contribution in [2.75, 3.05) is 13.2 Å². The Kier molecular flexibility index (Phi) is 8.43. The lowest BCUT2D eigenvalue weighted by Crippen LogP contribution is -2.09. The zero-order valence-corrected chi connectivity index (χ0v) is 18.4. The van der Waals surface area contributed by atoms with Gasteiger partial charge in [0.05, 0.1) is 24.3 Å². The van der Waals surface area contributed by atoms with E-state index in [2.05, 4.69) is 13.2 Å². The van der Waals surface area contributed by atoms with E-state index in [9.17, 15) is 9.59 Å². The zero-order valence-electron chi connectivity index (χ0n) is 17.7. The maximum atomic E-state index is 12.2. The van der Waals surface area contributed by atoms with Gasteiger partial charge in [-0.05, 0) is 74.2 Å². The van der Waals surface area contributed by atoms with E-state index in [1.807, 2.05) is 19.1 Å². The Balaban J connectivity index is 2.46. The third-order valence-electron chi connectivity index (χ3n) is 4.71. The molecule has 0 N–H and O–H groups in total. The van der Waals surface area contributed by atoms with Crippen molar-refractivity contribution in [3.8, 4) is 0 Å². The largest absolute Gasteiger partial charge is 0.462 e. The van der Waals surface area contributed by atoms with Crippen molar-refractivity contribution in [3.05, 3.63) is 88.5 Å². The normalized spacial score (nSPS) is 11.5. The summed E-state index contributed by atoms with van der Waals surface area (Å²) in [5.74, 6) is -0.947. The van der Waals surface area contributed by atoms with Gasteiger partial charge in [-0.3, -0.25) is 0 Å². The van der Waals surface area contributed by atoms with Gasteiger partial charge < -0.3 is 9.47 Å². The Labute approximate surface area is 183 Å². The Bertz CT molecular complexity index is 962. The number of halogens is 1. The van der Waals surface area contributed by atoms with E-state index in [1.54, 1.807) is 44.2 Å². The molecule has 0 aliphatic heterocycles. The van der Waals surface area contributed by atoms with Gasteiger partial charge in [-0.1, -0.05) is 35.9 Å². The summed E-state index contributed by atoms with van der Waals surface area (Å²) >= 11 is 6.45. The summed E-state index contributed by atoms with van der Waals surface area (Å²) in [6.07, 6.45) is 2.32. The maximum Gasteiger partial charge on any atom is 0.338 e. The molecule has 5 heteroatoms. The van der Waals surface area contributed by atoms with E-state index >= 15 is 0 Å². The van der Waals surface area contributed by atoms with E-state index in [-0.39, 0.29) is 11.9 Å². The van der Waals surface area contributed by atoms with E-state index in [1.165, 1.54) is 0 Å². The van der Waals surface area contributed by atoms with Gasteiger partial charge in [0.2, 0.25) is 0 Å². The molecule has 0 amide bonds. The van der Waals surface area contributed by atoms with Crippen LogP contribution < -0.4 is 0 Å². The summed E-state index contributed by atoms with van der Waals surface area (Å²) < 4.78 is 10.2. The fraction of sp³-hybridized carbons (Fsp3) is 0.280. The fourth-order valence-electron chi connectivity index (χ4n) is 3.25. The van der Waals surface area contributed by atoms with E-state index in [0.29, 0.717) is 35.8 Å². The third kappa shape index (κ3) is 5.61. The number of hydrogen-bond donors (Lipinski definition) is 0. The SMILES string of the molecule is C=CC(Cc1cc(C(=O)OCC)ccc1C(=C)C)c1cc(C(=O)OCC)ccc1Cl. The number of benzene rings is 2. The van der Waals surface area contributed by atoms with Gasteiger partial charge in [-0.25, -0.2) is 9.59 Å². The number of hydrogen-bond acceptors (Lipinski definition) is 4. The van der Waals surface area contributed by atoms with Crippen LogP contribution in [0.4, 0.5) is 0 Å². The first-order chi connectivity index (χ1) is 14.3. The van der Waals surface area contributed by atoms with E-state index < -0.39 is 5.97 Å². The van der Waals surface area contributed by atoms with Crippen LogP contribution >= 0.6 is 11.6 Å². The van der Waals surface area contributed by atoms with Crippen LogP contribution in [-0.4, -0.2) is 25.2 Å². The van der Waals surface area contributed by atoms with Crippen molar-refractivity contribution in [3.63, 3.8) is 0 Å². The molecule has 0 spiro atoms. The lowest BCUT2D eigenvalue weighted by atomic mass is 9.87. The van der Waals surface area contributed by atoms with Crippen LogP contribution in [0.3, 0.4) is 0 Å². The number of carbonyl (C=O) groups excluding carboxylic acids is 2. The van der Waals surface area contributed by atoms with Crippen LogP contribution in [0.15, 0.2) is 55.6 Å². The van der Waals surface area contributed by atoms with Crippen molar-refractivity contribution in [2.24, 2.45) is 0 Å². The molecule has 2 rings (SSSR count). The molecule has 0 saturated carbocycles. The first-order valence-electron chi connectivity index (χ1n) is 9.87. The van der Waals surface area contributed by atoms with Crippen LogP contribution in [0.5, 0.6) is 0 Å². The van der Waals surface area contributed by atoms with Gasteiger partial charge >= 0.3 is 11.9 Å². The topological polar surface area (TPSA) is 52.6 Å². The highest BCUT2D eigenvalue weighted by atomic mass is 35.5. The van der Waals surface area contributed by atoms with Crippen LogP contribution in [0, 0.1) is 0 Å². The lowest BCUT2D eigenvalue weighted by molar-refractivity contribution is 0.0516. The minimum absolute atomic E-state index is 0.178. The van der Waals surface area contributed by atoms with Gasteiger partial charge in [-0.2, -0.15) is 0 Å². The second kappa shape index (κ2) is 10.8. The Morgan fingerprint density at radius 2 is 1.60 bits per heavy atom. The number of carbonyl (C=O) groups is 2. The molecule has 0 aliphatic rings. The summed E-state index contributed by atoms with van der Waals surface area (Å²) in [5.41, 5.74) is 4.44. The first kappa shape index (κ1) is 23.4. The van der Waals surface area contributed by atoms with Crippen LogP contribution in [0.2, 0.25) is 5.02 Å². The summed E-state index contributed by atoms with van der Waals surface area (Å²) in [6.45, 7) is 14.1. The minimum Gasteiger partial charge on any atom is -0.462 e. The highest BCUT2D eigenvalue weighted by Crippen LogP contribution is 2.32. The number of ether oxygens (including phenoxy) is 2. The van der Waals surface area contributed by atoms with Crippen LogP contribution in [-0.2, 0) is 15.9 Å². The molecule has 2 aromatic carbocycles. The highest BCUT2D eigenvalue weighted by molar-refractivity contribution is 6.31. The maximum absolute atomic E-state index is 12.2. The van der Waals surface area contributed by atoms with Crippen molar-refractivity contribution in [1.29, 1.82) is 0 Å². The van der Waals surface area contributed by atoms with Crippen molar-refractivity contribution >= 4 is 29.1 Å². The van der Waals surface area contributed by atoms with Crippen LogP contribution in [0.25, 0.3) is 5.57 Å². The minimum atomic E-state index is -0.398. The van der Waals surface area contributed by atoms with E-state index in [0.717, 1.165) is 22.3 Å². The van der Waals surface area contributed by atoms with E-state index in [4.69, 9.17) is 21.1 Å². The molecule has 1 unspecified atom stereocenters. The molecule has 2 aromatic rings. The second-order valence-electron chi connectivity index (χ2n) is 6.88. The molecule has 0 aliphatic carbocycles. The second-order valence-corrected chi connectivity index (χ2v) is 7.28. The molecule has 0 saturated heterocycles. The predicted molar refractivity (Wildman–Crippen MR) is 121 cm³/mol. The molecular weight excluding hydrogens is 400 g/mol. The van der Waals surface area contributed by atoms with Gasteiger partial charge in [-0.15, -0.1) is 6.58 Å². The summed E-state index contributed by atoms with van der Waals surface area (Å²) in [4.78, 5) is 24.3. The molecule has 0 heterocycles. The Morgan fingerprint density at radius 3 is 2.13 bits per heavy atom. The van der Waals surface area contributed by atoms with Gasteiger partial charge in [0.25, 0.3) is 0 Å². The molecule has 158 valence electrons. The highest BCUT2D eigenvalue weighted by Gasteiger charge is 2.19. The summed E-state index contributed by atoms with van der Waals surface area (Å²) in [6, 6.07) is 10.5. The smallest absolute Gasteiger partial charge is 0.338 e. The first-order valence-corrected chi connectivity index (χ1v) is 10.2. The number of esters is 2. The fourth-order valence-corrected chi connectivity index (χ4v) is 3.50. The lowest BCUT2D eigenvalue weighted by Gasteiger charge is -2.19. The molecule has 0 fully saturated rings. The summed E-state index contributed by atoms with van der Waals surface area (Å²) in [5, 5.41) is 0.534. The summed E-state index contributed by atoms with van der Waals surface area (Å²) in [7, 11) is 0. The van der Waals surface area contributed by atoms with Crippen molar-refractivity contribution in [1.82, 2.24) is 0 Å². The van der Waals surface area contributed by atoms with Gasteiger partial charge in [0.15, 0.2) is 0 Å². The quantitative estimate of drug-likeness (QED) is 0.352. The van der Waals surface area contributed by atoms with Gasteiger partial charge in [0.1, 0.15) is 0 Å². The zero-order chi connectivity index (χ0) is 22.3. The van der Waals surface area contributed by atoms with Crippen molar-refractivity contribution < 1.29 is 19.1 Å². The molecule has 0 radical (unpaired) electrons. The molecular formula is C25H27ClO4. The predicted octanol–water partition coefficient (Wildman–Crippen LogP) is 6.24. The average Bonchev–Trinajstić information content (AvgIpc) is 2.72. The molecule has 0 bridgehead atoms. The Morgan fingerprint density at radius 1 is 1.03 bits per heavy atom. The Hall–Kier alpha value is -2.85. The number of allylic oxidation sites excluding steroid dienone is 2. The molecule has 1 atom stereocenters. The van der Waals surface area contributed by atoms with Crippen molar-refractivity contribution in [2.45, 2.75) is 33.1 Å². The van der Waals surface area contributed by atoms with Gasteiger partial charge in [0, 0.05) is 10.9 Å². The standard InChI is InChI=1S/C25H27ClO4/c1-6-17(22-15-19(10-12-23(22)26)25(28)30-8-3)13-20-14-18(24(27)29-7-2)9-11-21(20)16(4)5/h6,9-12,14-15,17H,1,4,7-8,13H2,2-3,5H3.